The molecule has 3 aliphatic rings. The highest BCUT2D eigenvalue weighted by Crippen LogP contribution is 2.44. The van der Waals surface area contributed by atoms with Crippen LogP contribution in [-0.4, -0.2) is 57.0 Å². The molecule has 1 saturated carbocycles. The molecular formula is C16H28N2O3. The maximum absolute atomic E-state index is 12.5. The maximum Gasteiger partial charge on any atom is 0.317 e. The van der Waals surface area contributed by atoms with E-state index in [1.54, 1.807) is 7.11 Å². The van der Waals surface area contributed by atoms with E-state index in [1.807, 2.05) is 4.90 Å². The molecule has 1 aliphatic carbocycles. The molecule has 1 unspecified atom stereocenters. The van der Waals surface area contributed by atoms with Crippen LogP contribution in [0, 0.1) is 11.3 Å². The summed E-state index contributed by atoms with van der Waals surface area (Å²) in [6, 6.07) is 0.524. The zero-order chi connectivity index (χ0) is 14.7. The molecule has 0 aromatic carbocycles. The van der Waals surface area contributed by atoms with Crippen LogP contribution < -0.4 is 5.32 Å². The van der Waals surface area contributed by atoms with Gasteiger partial charge in [0.1, 0.15) is 0 Å². The average molecular weight is 296 g/mol. The minimum Gasteiger partial charge on any atom is -0.384 e. The number of hydrogen-bond donors (Lipinski definition) is 1. The molecule has 3 fully saturated rings. The predicted octanol–water partition coefficient (Wildman–Crippen LogP) is 2.01. The summed E-state index contributed by atoms with van der Waals surface area (Å²) >= 11 is 0. The van der Waals surface area contributed by atoms with E-state index in [-0.39, 0.29) is 11.4 Å². The van der Waals surface area contributed by atoms with Gasteiger partial charge in [-0.25, -0.2) is 4.79 Å². The van der Waals surface area contributed by atoms with Crippen molar-refractivity contribution in [1.82, 2.24) is 10.2 Å². The van der Waals surface area contributed by atoms with Gasteiger partial charge >= 0.3 is 6.03 Å². The zero-order valence-corrected chi connectivity index (χ0v) is 13.1. The molecular weight excluding hydrogens is 268 g/mol. The smallest absolute Gasteiger partial charge is 0.317 e. The number of rotatable bonds is 3. The van der Waals surface area contributed by atoms with Crippen molar-refractivity contribution in [3.63, 3.8) is 0 Å². The van der Waals surface area contributed by atoms with Crippen LogP contribution in [0.5, 0.6) is 0 Å². The first-order valence-corrected chi connectivity index (χ1v) is 8.36. The number of hydrogen-bond acceptors (Lipinski definition) is 3. The van der Waals surface area contributed by atoms with Crippen molar-refractivity contribution in [1.29, 1.82) is 0 Å². The minimum absolute atomic E-state index is 0.131. The van der Waals surface area contributed by atoms with E-state index in [0.29, 0.717) is 12.0 Å². The van der Waals surface area contributed by atoms with Crippen LogP contribution in [0.4, 0.5) is 4.79 Å². The van der Waals surface area contributed by atoms with Crippen LogP contribution in [0.1, 0.15) is 38.5 Å². The van der Waals surface area contributed by atoms with Gasteiger partial charge in [0.05, 0.1) is 6.61 Å². The third-order valence-electron chi connectivity index (χ3n) is 5.64. The van der Waals surface area contributed by atoms with Crippen LogP contribution >= 0.6 is 0 Å². The van der Waals surface area contributed by atoms with Gasteiger partial charge in [0.15, 0.2) is 0 Å². The van der Waals surface area contributed by atoms with Crippen molar-refractivity contribution in [3.05, 3.63) is 0 Å². The van der Waals surface area contributed by atoms with Gasteiger partial charge in [0.2, 0.25) is 0 Å². The van der Waals surface area contributed by atoms with E-state index in [4.69, 9.17) is 9.47 Å². The summed E-state index contributed by atoms with van der Waals surface area (Å²) in [6.07, 6.45) is 6.87. The molecule has 2 heterocycles. The number of ether oxygens (including phenoxy) is 2. The molecule has 3 rings (SSSR count). The van der Waals surface area contributed by atoms with Gasteiger partial charge in [-0.15, -0.1) is 0 Å². The standard InChI is InChI=1S/C16H28N2O3/c1-20-11-13-10-18(12-16(13)6-8-21-9-7-16)15(19)17-14-4-2-3-5-14/h13-14H,2-12H2,1H3,(H,17,19). The minimum atomic E-state index is 0.131. The number of nitrogens with zero attached hydrogens (tertiary/aromatic N) is 1. The lowest BCUT2D eigenvalue weighted by atomic mass is 9.72. The van der Waals surface area contributed by atoms with E-state index in [0.717, 1.165) is 58.6 Å². The van der Waals surface area contributed by atoms with Crippen LogP contribution in [0.25, 0.3) is 0 Å². The summed E-state index contributed by atoms with van der Waals surface area (Å²) in [4.78, 5) is 14.5. The summed E-state index contributed by atoms with van der Waals surface area (Å²) in [7, 11) is 1.76. The highest BCUT2D eigenvalue weighted by molar-refractivity contribution is 5.75. The molecule has 5 heteroatoms. The number of carbonyl (C=O) groups is 1. The summed E-state index contributed by atoms with van der Waals surface area (Å²) < 4.78 is 10.9. The topological polar surface area (TPSA) is 50.8 Å². The van der Waals surface area contributed by atoms with Crippen molar-refractivity contribution in [2.45, 2.75) is 44.6 Å². The van der Waals surface area contributed by atoms with Crippen LogP contribution in [0.2, 0.25) is 0 Å². The Bertz CT molecular complexity index is 363. The molecule has 2 amide bonds. The average Bonchev–Trinajstić information content (AvgIpc) is 3.10. The van der Waals surface area contributed by atoms with Gasteiger partial charge in [0.25, 0.3) is 0 Å². The van der Waals surface area contributed by atoms with Gasteiger partial charge in [-0.1, -0.05) is 12.8 Å². The normalized spacial score (nSPS) is 29.2. The predicted molar refractivity (Wildman–Crippen MR) is 80.2 cm³/mol. The molecule has 2 saturated heterocycles. The highest BCUT2D eigenvalue weighted by atomic mass is 16.5. The number of likely N-dealkylation sites (tertiary alicyclic amines) is 1. The van der Waals surface area contributed by atoms with Gasteiger partial charge in [-0.2, -0.15) is 0 Å². The van der Waals surface area contributed by atoms with Gasteiger partial charge in [-0.3, -0.25) is 0 Å². The van der Waals surface area contributed by atoms with Crippen LogP contribution in [0.3, 0.4) is 0 Å². The molecule has 0 aromatic rings. The SMILES string of the molecule is COCC1CN(C(=O)NC2CCCC2)CC12CCOCC2. The van der Waals surface area contributed by atoms with Gasteiger partial charge in [0, 0.05) is 45.4 Å². The van der Waals surface area contributed by atoms with Crippen molar-refractivity contribution in [3.8, 4) is 0 Å². The molecule has 1 atom stereocenters. The van der Waals surface area contributed by atoms with Crippen molar-refractivity contribution >= 4 is 6.03 Å². The Kier molecular flexibility index (Phi) is 4.69. The summed E-state index contributed by atoms with van der Waals surface area (Å²) in [6.45, 7) is 4.07. The Morgan fingerprint density at radius 2 is 2.05 bits per heavy atom. The summed E-state index contributed by atoms with van der Waals surface area (Å²) in [5.74, 6) is 0.445. The van der Waals surface area contributed by atoms with Crippen LogP contribution in [0.15, 0.2) is 0 Å². The van der Waals surface area contributed by atoms with E-state index < -0.39 is 0 Å². The Balaban J connectivity index is 1.62. The Morgan fingerprint density at radius 3 is 2.71 bits per heavy atom. The largest absolute Gasteiger partial charge is 0.384 e. The zero-order valence-electron chi connectivity index (χ0n) is 13.1. The lowest BCUT2D eigenvalue weighted by molar-refractivity contribution is -0.0166. The monoisotopic (exact) mass is 296 g/mol. The molecule has 2 aliphatic heterocycles. The number of urea groups is 1. The van der Waals surface area contributed by atoms with Crippen LogP contribution in [-0.2, 0) is 9.47 Å². The molecule has 120 valence electrons. The fourth-order valence-corrected chi connectivity index (χ4v) is 4.30. The first-order chi connectivity index (χ1) is 10.2. The number of carbonyl (C=O) groups excluding carboxylic acids is 1. The molecule has 0 aromatic heterocycles. The first-order valence-electron chi connectivity index (χ1n) is 8.36. The third kappa shape index (κ3) is 3.19. The molecule has 5 nitrogen and oxygen atoms in total. The quantitative estimate of drug-likeness (QED) is 0.867. The Hall–Kier alpha value is -0.810. The molecule has 21 heavy (non-hydrogen) atoms. The molecule has 0 bridgehead atoms. The van der Waals surface area contributed by atoms with Crippen molar-refractivity contribution in [2.24, 2.45) is 11.3 Å². The van der Waals surface area contributed by atoms with Gasteiger partial charge in [-0.05, 0) is 31.1 Å². The number of nitrogens with one attached hydrogen (secondary N) is 1. The van der Waals surface area contributed by atoms with E-state index >= 15 is 0 Å². The summed E-state index contributed by atoms with van der Waals surface area (Å²) in [5, 5.41) is 3.22. The number of methoxy groups -OCH3 is 1. The summed E-state index contributed by atoms with van der Waals surface area (Å²) in [5.41, 5.74) is 0.210. The van der Waals surface area contributed by atoms with E-state index in [2.05, 4.69) is 5.32 Å². The van der Waals surface area contributed by atoms with Gasteiger partial charge < -0.3 is 19.7 Å². The lowest BCUT2D eigenvalue weighted by Crippen LogP contribution is -2.44. The maximum atomic E-state index is 12.5. The Labute approximate surface area is 127 Å². The fourth-order valence-electron chi connectivity index (χ4n) is 4.30. The lowest BCUT2D eigenvalue weighted by Gasteiger charge is -2.37. The van der Waals surface area contributed by atoms with E-state index in [9.17, 15) is 4.79 Å². The van der Waals surface area contributed by atoms with E-state index in [1.165, 1.54) is 12.8 Å². The first kappa shape index (κ1) is 15.1. The fraction of sp³-hybridized carbons (Fsp3) is 0.938. The van der Waals surface area contributed by atoms with Crippen molar-refractivity contribution in [2.75, 3.05) is 40.0 Å². The number of amides is 2. The third-order valence-corrected chi connectivity index (χ3v) is 5.64. The highest BCUT2D eigenvalue weighted by Gasteiger charge is 2.48. The molecule has 1 N–H and O–H groups in total. The molecule has 1 spiro atoms. The Morgan fingerprint density at radius 1 is 1.33 bits per heavy atom. The second kappa shape index (κ2) is 6.53. The molecule has 0 radical (unpaired) electrons. The van der Waals surface area contributed by atoms with Crippen molar-refractivity contribution < 1.29 is 14.3 Å². The second-order valence-electron chi connectivity index (χ2n) is 6.94. The second-order valence-corrected chi connectivity index (χ2v) is 6.94.